The predicted octanol–water partition coefficient (Wildman–Crippen LogP) is 4.02. The number of hydrogen-bond acceptors (Lipinski definition) is 16. The third-order valence-electron chi connectivity index (χ3n) is 10.6. The molecule has 20 nitrogen and oxygen atoms in total. The van der Waals surface area contributed by atoms with Crippen molar-refractivity contribution in [2.75, 3.05) is 145 Å². The summed E-state index contributed by atoms with van der Waals surface area (Å²) in [5.41, 5.74) is 5.54. The van der Waals surface area contributed by atoms with Crippen LogP contribution in [0.2, 0.25) is 0 Å². The molecule has 74 heavy (non-hydrogen) atoms. The van der Waals surface area contributed by atoms with Gasteiger partial charge in [-0.1, -0.05) is 68.4 Å². The lowest BCUT2D eigenvalue weighted by Gasteiger charge is -2.19. The summed E-state index contributed by atoms with van der Waals surface area (Å²) < 4.78 is 54.3. The first kappa shape index (κ1) is 65.5. The van der Waals surface area contributed by atoms with Crippen LogP contribution in [0.5, 0.6) is 0 Å². The van der Waals surface area contributed by atoms with Gasteiger partial charge in [0, 0.05) is 32.7 Å². The highest BCUT2D eigenvalue weighted by Gasteiger charge is 2.21. The van der Waals surface area contributed by atoms with Gasteiger partial charge in [-0.15, -0.1) is 0 Å². The molecular weight excluding hydrogens is 961 g/mol. The number of unbranched alkanes of at least 4 members (excludes halogenated alkanes) is 2. The zero-order valence-electron chi connectivity index (χ0n) is 44.3. The van der Waals surface area contributed by atoms with E-state index in [-0.39, 0.29) is 71.2 Å². The zero-order chi connectivity index (χ0) is 53.2. The first-order chi connectivity index (χ1) is 36.3. The van der Waals surface area contributed by atoms with Gasteiger partial charge < -0.3 is 68.2 Å². The van der Waals surface area contributed by atoms with Crippen LogP contribution in [0.3, 0.4) is 0 Å². The van der Waals surface area contributed by atoms with Crippen molar-refractivity contribution in [2.45, 2.75) is 96.9 Å². The molecule has 20 heteroatoms. The number of hydrogen-bond donors (Lipinski definition) is 4. The van der Waals surface area contributed by atoms with Gasteiger partial charge >= 0.3 is 5.97 Å². The van der Waals surface area contributed by atoms with Gasteiger partial charge in [-0.25, -0.2) is 4.79 Å². The quantitative estimate of drug-likeness (QED) is 0.0541. The van der Waals surface area contributed by atoms with Crippen molar-refractivity contribution in [2.24, 2.45) is 0 Å². The number of ether oxygens (including phenoxy) is 10. The molecule has 0 unspecified atom stereocenters. The molecule has 0 heterocycles. The smallest absolute Gasteiger partial charge is 0.332 e. The molecule has 1 atom stereocenters. The molecule has 0 spiro atoms. The Morgan fingerprint density at radius 2 is 0.865 bits per heavy atom. The minimum absolute atomic E-state index is 0.0500. The summed E-state index contributed by atoms with van der Waals surface area (Å²) in [5.74, 6) is -2.34. The fourth-order valence-electron chi connectivity index (χ4n) is 6.72. The number of carbonyl (C=O) groups excluding carboxylic acids is 5. The molecule has 0 saturated heterocycles. The van der Waals surface area contributed by atoms with Crippen molar-refractivity contribution in [1.82, 2.24) is 21.4 Å². The fraction of sp³-hybridized carbons (Fsp3) is 0.685. The Hall–Kier alpha value is -4.61. The highest BCUT2D eigenvalue weighted by atomic mass is 16.7. The molecule has 4 amide bonds. The van der Waals surface area contributed by atoms with Crippen LogP contribution < -0.4 is 21.4 Å². The molecule has 4 N–H and O–H groups in total. The molecule has 0 aliphatic heterocycles. The number of benzene rings is 2. The number of carbonyl (C=O) groups is 5. The number of amides is 4. The van der Waals surface area contributed by atoms with Gasteiger partial charge in [-0.05, 0) is 80.9 Å². The second-order valence-electron chi connectivity index (χ2n) is 17.0. The van der Waals surface area contributed by atoms with Gasteiger partial charge in [-0.2, -0.15) is 5.48 Å². The van der Waals surface area contributed by atoms with Crippen LogP contribution in [0, 0.1) is 0 Å². The molecular formula is C54H88N4O16. The van der Waals surface area contributed by atoms with E-state index in [1.54, 1.807) is 0 Å². The van der Waals surface area contributed by atoms with E-state index < -0.39 is 29.7 Å². The monoisotopic (exact) mass is 1050 g/mol. The first-order valence-electron chi connectivity index (χ1n) is 26.5. The van der Waals surface area contributed by atoms with Gasteiger partial charge in [0.1, 0.15) is 19.3 Å². The van der Waals surface area contributed by atoms with Crippen LogP contribution in [-0.2, 0) is 95.4 Å². The first-order valence-corrected chi connectivity index (χ1v) is 26.5. The summed E-state index contributed by atoms with van der Waals surface area (Å²) in [6, 6.07) is 17.3. The van der Waals surface area contributed by atoms with Crippen LogP contribution >= 0.6 is 0 Å². The lowest BCUT2D eigenvalue weighted by molar-refractivity contribution is -0.158. The normalized spacial score (nSPS) is 11.5. The summed E-state index contributed by atoms with van der Waals surface area (Å²) in [5, 5.41) is 8.28. The molecule has 0 bridgehead atoms. The van der Waals surface area contributed by atoms with Crippen molar-refractivity contribution in [3.63, 3.8) is 0 Å². The Morgan fingerprint density at radius 1 is 0.432 bits per heavy atom. The maximum absolute atomic E-state index is 13.3. The average molecular weight is 1050 g/mol. The van der Waals surface area contributed by atoms with E-state index in [9.17, 15) is 24.0 Å². The zero-order valence-corrected chi connectivity index (χ0v) is 44.3. The van der Waals surface area contributed by atoms with Crippen molar-refractivity contribution in [1.29, 1.82) is 0 Å². The number of aryl methyl sites for hydroxylation is 2. The molecule has 0 saturated carbocycles. The lowest BCUT2D eigenvalue weighted by Crippen LogP contribution is -2.48. The minimum Gasteiger partial charge on any atom is -0.379 e. The number of hydroxylamine groups is 1. The van der Waals surface area contributed by atoms with E-state index in [1.165, 1.54) is 11.1 Å². The number of nitrogens with one attached hydrogen (secondary N) is 4. The van der Waals surface area contributed by atoms with Crippen molar-refractivity contribution >= 4 is 29.6 Å². The molecule has 420 valence electrons. The van der Waals surface area contributed by atoms with E-state index >= 15 is 0 Å². The highest BCUT2D eigenvalue weighted by Crippen LogP contribution is 2.11. The fourth-order valence-corrected chi connectivity index (χ4v) is 6.72. The molecule has 0 aliphatic carbocycles. The molecule has 0 fully saturated rings. The number of rotatable bonds is 50. The van der Waals surface area contributed by atoms with Crippen LogP contribution in [0.15, 0.2) is 54.6 Å². The average Bonchev–Trinajstić information content (AvgIpc) is 3.40. The summed E-state index contributed by atoms with van der Waals surface area (Å²) in [6.07, 6.45) is 7.62. The Morgan fingerprint density at radius 3 is 1.36 bits per heavy atom. The van der Waals surface area contributed by atoms with E-state index in [2.05, 4.69) is 59.5 Å². The third-order valence-corrected chi connectivity index (χ3v) is 10.6. The van der Waals surface area contributed by atoms with E-state index in [4.69, 9.17) is 52.2 Å². The topological polar surface area (TPSA) is 235 Å². The van der Waals surface area contributed by atoms with E-state index in [0.717, 1.165) is 57.3 Å². The second-order valence-corrected chi connectivity index (χ2v) is 17.0. The third kappa shape index (κ3) is 39.8. The van der Waals surface area contributed by atoms with Crippen LogP contribution in [-0.4, -0.2) is 181 Å². The minimum atomic E-state index is -0.902. The Balaban J connectivity index is 1.64. The van der Waals surface area contributed by atoms with Crippen LogP contribution in [0.1, 0.15) is 88.3 Å². The standard InChI is InChI=1S/C54H88N4O16/c1-3-25-64-27-29-66-31-33-68-35-37-70-39-41-72-44-51(60)55-23-11-10-17-49(57-52(61)45-73-42-40-71-38-36-69-34-32-67-30-28-65-26-4-2)54(63)56-24-12-18-53(62)74-58-50(59)43-48-21-19-47(20-22-48)16-9-8-15-46-13-6-5-7-14-46/h5-7,13-14,19-22,49H,3-4,8-12,15-18,23-45H2,1-2H3,(H,55,60)(H,56,63)(H,57,61)(H,58,59)/t49-/m0/s1. The van der Waals surface area contributed by atoms with Crippen molar-refractivity contribution in [3.8, 4) is 0 Å². The largest absolute Gasteiger partial charge is 0.379 e. The summed E-state index contributed by atoms with van der Waals surface area (Å²) >= 11 is 0. The van der Waals surface area contributed by atoms with E-state index in [1.807, 2.05) is 30.3 Å². The van der Waals surface area contributed by atoms with Gasteiger partial charge in [0.2, 0.25) is 17.7 Å². The Kier molecular flexibility index (Phi) is 42.5. The van der Waals surface area contributed by atoms with Gasteiger partial charge in [0.05, 0.1) is 112 Å². The maximum Gasteiger partial charge on any atom is 0.332 e. The summed E-state index contributed by atoms with van der Waals surface area (Å²) in [6.45, 7) is 12.1. The SMILES string of the molecule is CCCOCCOCCOCCOCCOCC(=O)NCCCC[C@H](NC(=O)COCCOCCOCCOCCOCCC)C(=O)NCCCC(=O)ONC(=O)Cc1ccc(CCCCc2ccccc2)cc1. The second kappa shape index (κ2) is 48.1. The predicted molar refractivity (Wildman–Crippen MR) is 277 cm³/mol. The summed E-state index contributed by atoms with van der Waals surface area (Å²) in [4.78, 5) is 68.3. The van der Waals surface area contributed by atoms with Gasteiger partial charge in [-0.3, -0.25) is 19.2 Å². The Bertz CT molecular complexity index is 1690. The molecule has 2 rings (SSSR count). The van der Waals surface area contributed by atoms with Crippen LogP contribution in [0.25, 0.3) is 0 Å². The molecule has 0 aliphatic rings. The van der Waals surface area contributed by atoms with Crippen LogP contribution in [0.4, 0.5) is 0 Å². The van der Waals surface area contributed by atoms with Gasteiger partial charge in [0.15, 0.2) is 0 Å². The summed E-state index contributed by atoms with van der Waals surface area (Å²) in [7, 11) is 0. The molecule has 0 aromatic heterocycles. The molecule has 2 aromatic rings. The molecule has 2 aromatic carbocycles. The molecule has 0 radical (unpaired) electrons. The lowest BCUT2D eigenvalue weighted by atomic mass is 10.0. The van der Waals surface area contributed by atoms with Crippen molar-refractivity contribution in [3.05, 3.63) is 71.3 Å². The maximum atomic E-state index is 13.3. The van der Waals surface area contributed by atoms with Crippen molar-refractivity contribution < 1.29 is 76.2 Å². The highest BCUT2D eigenvalue weighted by molar-refractivity contribution is 5.88. The van der Waals surface area contributed by atoms with E-state index in [0.29, 0.717) is 105 Å². The Labute approximate surface area is 439 Å². The van der Waals surface area contributed by atoms with Gasteiger partial charge in [0.25, 0.3) is 5.91 Å².